The summed E-state index contributed by atoms with van der Waals surface area (Å²) in [6.45, 7) is 2.64. The third kappa shape index (κ3) is 3.81. The fraction of sp³-hybridized carbons (Fsp3) is 0.263. The quantitative estimate of drug-likeness (QED) is 0.759. The lowest BCUT2D eigenvalue weighted by Crippen LogP contribution is -2.27. The summed E-state index contributed by atoms with van der Waals surface area (Å²) < 4.78 is 0.919. The Morgan fingerprint density at radius 1 is 1.12 bits per heavy atom. The van der Waals surface area contributed by atoms with Crippen LogP contribution in [0.15, 0.2) is 42.5 Å². The number of carbonyl (C=O) groups excluding carboxylic acids is 1. The fourth-order valence-corrected chi connectivity index (χ4v) is 3.83. The van der Waals surface area contributed by atoms with Crippen LogP contribution in [0.25, 0.3) is 10.2 Å². The number of anilines is 1. The molecule has 2 aromatic carbocycles. The van der Waals surface area contributed by atoms with Gasteiger partial charge >= 0.3 is 0 Å². The number of hydrogen-bond donors (Lipinski definition) is 1. The summed E-state index contributed by atoms with van der Waals surface area (Å²) in [7, 11) is 3.91. The Morgan fingerprint density at radius 2 is 1.84 bits per heavy atom. The van der Waals surface area contributed by atoms with E-state index in [2.05, 4.69) is 4.98 Å². The summed E-state index contributed by atoms with van der Waals surface area (Å²) in [5.41, 5.74) is 2.69. The fourth-order valence-electron chi connectivity index (χ4n) is 2.69. The second-order valence-electron chi connectivity index (χ2n) is 6.24. The molecular weight excluding hydrogens is 334 g/mol. The molecule has 0 unspecified atom stereocenters. The smallest absolute Gasteiger partial charge is 0.225 e. The number of hydrogen-bond acceptors (Lipinski definition) is 5. The molecule has 6 heteroatoms. The monoisotopic (exact) mass is 355 g/mol. The molecule has 0 radical (unpaired) electrons. The molecule has 0 spiro atoms. The maximum Gasteiger partial charge on any atom is 0.225 e. The van der Waals surface area contributed by atoms with E-state index in [1.807, 2.05) is 49.3 Å². The summed E-state index contributed by atoms with van der Waals surface area (Å²) in [4.78, 5) is 20.5. The van der Waals surface area contributed by atoms with E-state index in [-0.39, 0.29) is 11.7 Å². The average molecular weight is 355 g/mol. The van der Waals surface area contributed by atoms with Crippen molar-refractivity contribution < 1.29 is 9.90 Å². The highest BCUT2D eigenvalue weighted by Gasteiger charge is 2.19. The summed E-state index contributed by atoms with van der Waals surface area (Å²) in [6.07, 6.45) is 0. The highest BCUT2D eigenvalue weighted by Crippen LogP contribution is 2.36. The van der Waals surface area contributed by atoms with Gasteiger partial charge in [-0.1, -0.05) is 41.7 Å². The number of rotatable bonds is 5. The van der Waals surface area contributed by atoms with Crippen LogP contribution >= 0.6 is 11.3 Å². The van der Waals surface area contributed by atoms with E-state index < -0.39 is 0 Å². The minimum Gasteiger partial charge on any atom is -0.508 e. The highest BCUT2D eigenvalue weighted by molar-refractivity contribution is 7.22. The SMILES string of the molecule is CC(=O)N(Cc1ccccc1)c1nc2ccc(O)c(CN(C)C)c2s1. The number of fused-ring (bicyclic) bond motifs is 1. The molecule has 0 saturated heterocycles. The summed E-state index contributed by atoms with van der Waals surface area (Å²) in [5.74, 6) is 0.204. The van der Waals surface area contributed by atoms with Crippen LogP contribution in [0.3, 0.4) is 0 Å². The standard InChI is InChI=1S/C19H21N3O2S/c1-13(23)22(11-14-7-5-4-6-8-14)19-20-16-9-10-17(24)15(12-21(2)3)18(16)25-19/h4-10,24H,11-12H2,1-3H3. The van der Waals surface area contributed by atoms with Crippen LogP contribution in [0.5, 0.6) is 5.75 Å². The van der Waals surface area contributed by atoms with E-state index in [0.29, 0.717) is 18.2 Å². The van der Waals surface area contributed by atoms with Gasteiger partial charge in [-0.05, 0) is 31.8 Å². The third-order valence-corrected chi connectivity index (χ3v) is 5.05. The molecule has 1 N–H and O–H groups in total. The van der Waals surface area contributed by atoms with Crippen molar-refractivity contribution in [2.24, 2.45) is 0 Å². The van der Waals surface area contributed by atoms with Gasteiger partial charge in [-0.3, -0.25) is 9.69 Å². The Labute approximate surface area is 151 Å². The zero-order valence-corrected chi connectivity index (χ0v) is 15.4. The van der Waals surface area contributed by atoms with Crippen molar-refractivity contribution in [3.05, 3.63) is 53.6 Å². The molecular formula is C19H21N3O2S. The van der Waals surface area contributed by atoms with E-state index in [9.17, 15) is 9.90 Å². The van der Waals surface area contributed by atoms with Gasteiger partial charge in [0.2, 0.25) is 5.91 Å². The maximum absolute atomic E-state index is 12.2. The van der Waals surface area contributed by atoms with Crippen LogP contribution < -0.4 is 4.90 Å². The molecule has 3 rings (SSSR count). The number of thiazole rings is 1. The van der Waals surface area contributed by atoms with Gasteiger partial charge in [-0.15, -0.1) is 0 Å². The first-order valence-electron chi connectivity index (χ1n) is 8.04. The van der Waals surface area contributed by atoms with Crippen molar-refractivity contribution in [3.63, 3.8) is 0 Å². The zero-order valence-electron chi connectivity index (χ0n) is 14.6. The van der Waals surface area contributed by atoms with Crippen LogP contribution in [0.2, 0.25) is 0 Å². The Morgan fingerprint density at radius 3 is 2.48 bits per heavy atom. The average Bonchev–Trinajstić information content (AvgIpc) is 3.00. The van der Waals surface area contributed by atoms with Gasteiger partial charge in [0.25, 0.3) is 0 Å². The van der Waals surface area contributed by atoms with Gasteiger partial charge < -0.3 is 10.0 Å². The van der Waals surface area contributed by atoms with Crippen molar-refractivity contribution in [2.75, 3.05) is 19.0 Å². The van der Waals surface area contributed by atoms with E-state index in [4.69, 9.17) is 0 Å². The van der Waals surface area contributed by atoms with Crippen molar-refractivity contribution >= 4 is 32.6 Å². The molecule has 0 aliphatic carbocycles. The van der Waals surface area contributed by atoms with Gasteiger partial charge in [0.15, 0.2) is 5.13 Å². The Hall–Kier alpha value is -2.44. The lowest BCUT2D eigenvalue weighted by molar-refractivity contribution is -0.116. The first kappa shape index (κ1) is 17.4. The lowest BCUT2D eigenvalue weighted by Gasteiger charge is -2.17. The number of phenols is 1. The van der Waals surface area contributed by atoms with Gasteiger partial charge in [-0.25, -0.2) is 4.98 Å². The number of nitrogens with zero attached hydrogens (tertiary/aromatic N) is 3. The molecule has 5 nitrogen and oxygen atoms in total. The normalized spacial score (nSPS) is 11.2. The number of aromatic hydroxyl groups is 1. The van der Waals surface area contributed by atoms with Gasteiger partial charge in [0.1, 0.15) is 5.75 Å². The number of phenolic OH excluding ortho intramolecular Hbond substituents is 1. The van der Waals surface area contributed by atoms with Crippen molar-refractivity contribution in [1.29, 1.82) is 0 Å². The number of benzene rings is 2. The lowest BCUT2D eigenvalue weighted by atomic mass is 10.2. The molecule has 1 heterocycles. The molecule has 0 bridgehead atoms. The molecule has 25 heavy (non-hydrogen) atoms. The van der Waals surface area contributed by atoms with Crippen molar-refractivity contribution in [2.45, 2.75) is 20.0 Å². The van der Waals surface area contributed by atoms with E-state index in [0.717, 1.165) is 21.3 Å². The van der Waals surface area contributed by atoms with Crippen LogP contribution in [0.4, 0.5) is 5.13 Å². The molecule has 3 aromatic rings. The van der Waals surface area contributed by atoms with Crippen LogP contribution in [-0.4, -0.2) is 35.0 Å². The van der Waals surface area contributed by atoms with Gasteiger partial charge in [0.05, 0.1) is 16.8 Å². The molecule has 0 atom stereocenters. The molecule has 130 valence electrons. The van der Waals surface area contributed by atoms with Crippen molar-refractivity contribution in [1.82, 2.24) is 9.88 Å². The zero-order chi connectivity index (χ0) is 18.0. The molecule has 0 aliphatic rings. The molecule has 0 fully saturated rings. The second-order valence-corrected chi connectivity index (χ2v) is 7.21. The first-order chi connectivity index (χ1) is 12.0. The number of amides is 1. The maximum atomic E-state index is 12.2. The minimum atomic E-state index is -0.0544. The van der Waals surface area contributed by atoms with Crippen LogP contribution in [-0.2, 0) is 17.9 Å². The Bertz CT molecular complexity index is 890. The molecule has 1 aromatic heterocycles. The molecule has 0 saturated carbocycles. The van der Waals surface area contributed by atoms with E-state index >= 15 is 0 Å². The predicted molar refractivity (Wildman–Crippen MR) is 102 cm³/mol. The minimum absolute atomic E-state index is 0.0544. The van der Waals surface area contributed by atoms with Crippen molar-refractivity contribution in [3.8, 4) is 5.75 Å². The predicted octanol–water partition coefficient (Wildman–Crippen LogP) is 3.62. The van der Waals surface area contributed by atoms with Crippen LogP contribution in [0, 0.1) is 0 Å². The largest absolute Gasteiger partial charge is 0.508 e. The van der Waals surface area contributed by atoms with Gasteiger partial charge in [0, 0.05) is 19.0 Å². The Kier molecular flexibility index (Phi) is 5.01. The summed E-state index contributed by atoms with van der Waals surface area (Å²) >= 11 is 1.44. The molecule has 0 aliphatic heterocycles. The van der Waals surface area contributed by atoms with E-state index in [1.165, 1.54) is 11.3 Å². The topological polar surface area (TPSA) is 56.7 Å². The second kappa shape index (κ2) is 7.21. The summed E-state index contributed by atoms with van der Waals surface area (Å²) in [5, 5.41) is 10.9. The third-order valence-electron chi connectivity index (χ3n) is 3.89. The molecule has 1 amide bonds. The highest BCUT2D eigenvalue weighted by atomic mass is 32.1. The number of aromatic nitrogens is 1. The Balaban J connectivity index is 2.02. The van der Waals surface area contributed by atoms with E-state index in [1.54, 1.807) is 24.0 Å². The van der Waals surface area contributed by atoms with Gasteiger partial charge in [-0.2, -0.15) is 0 Å². The summed E-state index contributed by atoms with van der Waals surface area (Å²) in [6, 6.07) is 13.3. The number of carbonyl (C=O) groups is 1. The van der Waals surface area contributed by atoms with Crippen LogP contribution in [0.1, 0.15) is 18.1 Å². The first-order valence-corrected chi connectivity index (χ1v) is 8.85.